The monoisotopic (exact) mass is 289 g/mol. The SMILES string of the molecule is CCn1cnc2cnc(NC(C)C(O)C(F)(F)F)nc21. The number of hydrogen-bond donors (Lipinski definition) is 2. The number of aliphatic hydroxyl groups excluding tert-OH is 1. The Kier molecular flexibility index (Phi) is 3.80. The summed E-state index contributed by atoms with van der Waals surface area (Å²) in [5, 5.41) is 11.6. The van der Waals surface area contributed by atoms with Crippen LogP contribution in [-0.4, -0.2) is 42.9 Å². The van der Waals surface area contributed by atoms with Crippen molar-refractivity contribution < 1.29 is 18.3 Å². The molecule has 110 valence electrons. The molecule has 2 aromatic heterocycles. The van der Waals surface area contributed by atoms with Crippen LogP contribution in [0.3, 0.4) is 0 Å². The Morgan fingerprint density at radius 2 is 2.10 bits per heavy atom. The van der Waals surface area contributed by atoms with Crippen LogP contribution in [-0.2, 0) is 6.54 Å². The van der Waals surface area contributed by atoms with Crippen LogP contribution in [0.2, 0.25) is 0 Å². The van der Waals surface area contributed by atoms with Gasteiger partial charge in [0.2, 0.25) is 5.95 Å². The predicted molar refractivity (Wildman–Crippen MR) is 66.1 cm³/mol. The smallest absolute Gasteiger partial charge is 0.382 e. The Hall–Kier alpha value is -1.90. The van der Waals surface area contributed by atoms with E-state index in [9.17, 15) is 13.2 Å². The predicted octanol–water partition coefficient (Wildman–Crippen LogP) is 1.57. The second-order valence-corrected chi connectivity index (χ2v) is 4.35. The highest BCUT2D eigenvalue weighted by Crippen LogP contribution is 2.23. The van der Waals surface area contributed by atoms with E-state index in [1.807, 2.05) is 6.92 Å². The molecule has 0 spiro atoms. The third-order valence-electron chi connectivity index (χ3n) is 2.86. The maximum absolute atomic E-state index is 12.4. The number of rotatable bonds is 4. The van der Waals surface area contributed by atoms with Crippen molar-refractivity contribution in [3.63, 3.8) is 0 Å². The molecular formula is C11H14F3N5O. The zero-order valence-corrected chi connectivity index (χ0v) is 10.9. The molecule has 0 aliphatic rings. The van der Waals surface area contributed by atoms with Gasteiger partial charge in [-0.3, -0.25) is 0 Å². The maximum atomic E-state index is 12.4. The number of fused-ring (bicyclic) bond motifs is 1. The van der Waals surface area contributed by atoms with E-state index in [2.05, 4.69) is 20.3 Å². The van der Waals surface area contributed by atoms with Crippen molar-refractivity contribution in [2.75, 3.05) is 5.32 Å². The fourth-order valence-corrected chi connectivity index (χ4v) is 1.72. The Morgan fingerprint density at radius 3 is 2.70 bits per heavy atom. The van der Waals surface area contributed by atoms with Gasteiger partial charge in [-0.2, -0.15) is 18.2 Å². The summed E-state index contributed by atoms with van der Waals surface area (Å²) in [6, 6.07) is -1.26. The molecule has 2 atom stereocenters. The molecule has 0 saturated heterocycles. The van der Waals surface area contributed by atoms with Crippen LogP contribution in [0.25, 0.3) is 11.2 Å². The molecule has 0 amide bonds. The summed E-state index contributed by atoms with van der Waals surface area (Å²) < 4.78 is 38.9. The van der Waals surface area contributed by atoms with Crippen molar-refractivity contribution in [3.05, 3.63) is 12.5 Å². The summed E-state index contributed by atoms with van der Waals surface area (Å²) in [5.74, 6) is 0.0171. The van der Waals surface area contributed by atoms with Crippen LogP contribution in [0.4, 0.5) is 19.1 Å². The molecule has 2 heterocycles. The molecule has 0 saturated carbocycles. The van der Waals surface area contributed by atoms with E-state index in [4.69, 9.17) is 5.11 Å². The molecule has 0 aliphatic carbocycles. The normalized spacial score (nSPS) is 15.3. The lowest BCUT2D eigenvalue weighted by molar-refractivity contribution is -0.206. The quantitative estimate of drug-likeness (QED) is 0.893. The van der Waals surface area contributed by atoms with Gasteiger partial charge in [0.1, 0.15) is 5.52 Å². The summed E-state index contributed by atoms with van der Waals surface area (Å²) >= 11 is 0. The number of nitrogens with one attached hydrogen (secondary N) is 1. The van der Waals surface area contributed by atoms with Gasteiger partial charge in [0.25, 0.3) is 0 Å². The number of aromatic nitrogens is 4. The van der Waals surface area contributed by atoms with Crippen molar-refractivity contribution in [2.45, 2.75) is 38.7 Å². The molecule has 0 bridgehead atoms. The first kappa shape index (κ1) is 14.5. The van der Waals surface area contributed by atoms with Gasteiger partial charge >= 0.3 is 6.18 Å². The van der Waals surface area contributed by atoms with Gasteiger partial charge in [-0.15, -0.1) is 0 Å². The van der Waals surface area contributed by atoms with E-state index >= 15 is 0 Å². The minimum Gasteiger partial charge on any atom is -0.382 e. The minimum atomic E-state index is -4.69. The van der Waals surface area contributed by atoms with Crippen LogP contribution in [0, 0.1) is 0 Å². The van der Waals surface area contributed by atoms with Gasteiger partial charge in [0.05, 0.1) is 18.6 Å². The average Bonchev–Trinajstić information content (AvgIpc) is 2.78. The first-order chi connectivity index (χ1) is 9.32. The van der Waals surface area contributed by atoms with Gasteiger partial charge in [-0.05, 0) is 13.8 Å². The number of nitrogens with zero attached hydrogens (tertiary/aromatic N) is 4. The number of alkyl halides is 3. The van der Waals surface area contributed by atoms with Crippen molar-refractivity contribution in [1.82, 2.24) is 19.5 Å². The molecule has 0 radical (unpaired) electrons. The summed E-state index contributed by atoms with van der Waals surface area (Å²) in [5.41, 5.74) is 1.08. The summed E-state index contributed by atoms with van der Waals surface area (Å²) in [7, 11) is 0. The third-order valence-corrected chi connectivity index (χ3v) is 2.86. The zero-order chi connectivity index (χ0) is 14.9. The number of aliphatic hydroxyl groups is 1. The zero-order valence-electron chi connectivity index (χ0n) is 10.9. The number of aryl methyl sites for hydroxylation is 1. The fraction of sp³-hybridized carbons (Fsp3) is 0.545. The van der Waals surface area contributed by atoms with E-state index in [1.54, 1.807) is 10.9 Å². The molecule has 0 aliphatic heterocycles. The topological polar surface area (TPSA) is 75.9 Å². The van der Waals surface area contributed by atoms with Crippen molar-refractivity contribution in [2.24, 2.45) is 0 Å². The van der Waals surface area contributed by atoms with E-state index < -0.39 is 18.3 Å². The van der Waals surface area contributed by atoms with E-state index in [1.165, 1.54) is 13.1 Å². The Morgan fingerprint density at radius 1 is 1.40 bits per heavy atom. The van der Waals surface area contributed by atoms with Gasteiger partial charge < -0.3 is 15.0 Å². The molecule has 0 aromatic carbocycles. The highest BCUT2D eigenvalue weighted by molar-refractivity contribution is 5.70. The first-order valence-corrected chi connectivity index (χ1v) is 6.02. The van der Waals surface area contributed by atoms with Crippen LogP contribution in [0.15, 0.2) is 12.5 Å². The maximum Gasteiger partial charge on any atom is 0.416 e. The lowest BCUT2D eigenvalue weighted by atomic mass is 10.2. The highest BCUT2D eigenvalue weighted by atomic mass is 19.4. The lowest BCUT2D eigenvalue weighted by Gasteiger charge is -2.22. The second-order valence-electron chi connectivity index (χ2n) is 4.35. The Labute approximate surface area is 112 Å². The van der Waals surface area contributed by atoms with Crippen LogP contribution in [0.1, 0.15) is 13.8 Å². The standard InChI is InChI=1S/C11H14F3N5O/c1-3-19-5-16-7-4-15-10(18-9(7)19)17-6(2)8(20)11(12,13)14/h4-6,8,20H,3H2,1-2H3,(H,15,17,18). The van der Waals surface area contributed by atoms with Gasteiger partial charge in [-0.1, -0.05) is 0 Å². The fourth-order valence-electron chi connectivity index (χ4n) is 1.72. The van der Waals surface area contributed by atoms with Gasteiger partial charge in [0.15, 0.2) is 11.8 Å². The highest BCUT2D eigenvalue weighted by Gasteiger charge is 2.42. The van der Waals surface area contributed by atoms with Crippen molar-refractivity contribution >= 4 is 17.1 Å². The van der Waals surface area contributed by atoms with Crippen LogP contribution in [0.5, 0.6) is 0 Å². The summed E-state index contributed by atoms with van der Waals surface area (Å²) in [4.78, 5) is 12.1. The summed E-state index contributed by atoms with van der Waals surface area (Å²) in [6.07, 6.45) is -4.18. The first-order valence-electron chi connectivity index (χ1n) is 6.02. The number of imidazole rings is 1. The molecule has 2 unspecified atom stereocenters. The molecule has 2 aromatic rings. The Balaban J connectivity index is 2.21. The molecule has 2 rings (SSSR count). The molecule has 0 fully saturated rings. The van der Waals surface area contributed by atoms with Gasteiger partial charge in [0, 0.05) is 6.54 Å². The molecule has 9 heteroatoms. The molecular weight excluding hydrogens is 275 g/mol. The number of anilines is 1. The Bertz CT molecular complexity index is 597. The van der Waals surface area contributed by atoms with Crippen LogP contribution < -0.4 is 5.32 Å². The van der Waals surface area contributed by atoms with Crippen LogP contribution >= 0.6 is 0 Å². The van der Waals surface area contributed by atoms with E-state index in [-0.39, 0.29) is 5.95 Å². The molecule has 6 nitrogen and oxygen atoms in total. The average molecular weight is 289 g/mol. The molecule has 2 N–H and O–H groups in total. The minimum absolute atomic E-state index is 0.0171. The van der Waals surface area contributed by atoms with E-state index in [0.717, 1.165) is 0 Å². The largest absolute Gasteiger partial charge is 0.416 e. The van der Waals surface area contributed by atoms with Gasteiger partial charge in [-0.25, -0.2) is 9.97 Å². The third kappa shape index (κ3) is 2.82. The van der Waals surface area contributed by atoms with Crippen molar-refractivity contribution in [1.29, 1.82) is 0 Å². The number of hydrogen-bond acceptors (Lipinski definition) is 5. The second kappa shape index (κ2) is 5.23. The van der Waals surface area contributed by atoms with E-state index in [0.29, 0.717) is 17.7 Å². The lowest BCUT2D eigenvalue weighted by Crippen LogP contribution is -2.42. The number of halogens is 3. The molecule has 20 heavy (non-hydrogen) atoms. The summed E-state index contributed by atoms with van der Waals surface area (Å²) in [6.45, 7) is 3.74. The van der Waals surface area contributed by atoms with Crippen molar-refractivity contribution in [3.8, 4) is 0 Å².